The van der Waals surface area contributed by atoms with Crippen LogP contribution < -0.4 is 19.6 Å². The highest BCUT2D eigenvalue weighted by Crippen LogP contribution is 2.40. The van der Waals surface area contributed by atoms with Crippen molar-refractivity contribution in [3.63, 3.8) is 0 Å². The molecule has 0 aliphatic carbocycles. The van der Waals surface area contributed by atoms with Crippen LogP contribution in [-0.4, -0.2) is 42.1 Å². The molecule has 176 valence electrons. The fourth-order valence-corrected chi connectivity index (χ4v) is 4.53. The van der Waals surface area contributed by atoms with E-state index in [1.165, 1.54) is 18.2 Å². The van der Waals surface area contributed by atoms with Crippen molar-refractivity contribution in [3.05, 3.63) is 35.1 Å². The molecule has 33 heavy (non-hydrogen) atoms. The molecule has 3 atom stereocenters. The topological polar surface area (TPSA) is 126 Å². The maximum absolute atomic E-state index is 13.1. The molecule has 4 rings (SSSR count). The number of fused-ring (bicyclic) bond motifs is 2. The van der Waals surface area contributed by atoms with Crippen LogP contribution in [0.2, 0.25) is 5.02 Å². The van der Waals surface area contributed by atoms with E-state index in [-0.39, 0.29) is 28.4 Å². The lowest BCUT2D eigenvalue weighted by Crippen LogP contribution is -2.42. The Morgan fingerprint density at radius 3 is 2.52 bits per heavy atom. The van der Waals surface area contributed by atoms with Crippen LogP contribution in [0.1, 0.15) is 31.2 Å². The Bertz CT molecular complexity index is 1190. The third-order valence-corrected chi connectivity index (χ3v) is 6.57. The van der Waals surface area contributed by atoms with E-state index in [1.54, 1.807) is 0 Å². The summed E-state index contributed by atoms with van der Waals surface area (Å²) in [6.07, 6.45) is 3.65. The predicted molar refractivity (Wildman–Crippen MR) is 111 cm³/mol. The fraction of sp³-hybridized carbons (Fsp3) is 0.421. The number of benzene rings is 1. The molecule has 3 heterocycles. The van der Waals surface area contributed by atoms with Gasteiger partial charge in [0.15, 0.2) is 5.82 Å². The van der Waals surface area contributed by atoms with Gasteiger partial charge < -0.3 is 19.6 Å². The molecule has 0 radical (unpaired) electrons. The standard InChI is InChI=1S/C19H17ClF3N5O4S/c20-14-5-10(8-24)1-4-15(14)28-17-16(32-33(29,30)19(21,22)23)18(26-9-25-17)31-13-6-11-2-3-12(7-13)27-11/h1,4-5,9,11-13,27H,2-3,6-7H2,(H,25,26,28)/t11-,12?,13?/m0/s1. The lowest BCUT2D eigenvalue weighted by atomic mass is 10.0. The Morgan fingerprint density at radius 1 is 1.21 bits per heavy atom. The zero-order valence-electron chi connectivity index (χ0n) is 16.8. The molecule has 2 aliphatic rings. The molecule has 2 fully saturated rings. The number of alkyl halides is 3. The maximum atomic E-state index is 13.1. The smallest absolute Gasteiger partial charge is 0.471 e. The highest BCUT2D eigenvalue weighted by atomic mass is 35.5. The quantitative estimate of drug-likeness (QED) is 0.448. The molecule has 2 aliphatic heterocycles. The number of nitrogens with zero attached hydrogens (tertiary/aromatic N) is 3. The zero-order chi connectivity index (χ0) is 23.8. The molecule has 1 aromatic carbocycles. The second kappa shape index (κ2) is 8.85. The van der Waals surface area contributed by atoms with Crippen LogP contribution in [0.25, 0.3) is 0 Å². The molecule has 2 unspecified atom stereocenters. The summed E-state index contributed by atoms with van der Waals surface area (Å²) < 4.78 is 72.9. The van der Waals surface area contributed by atoms with E-state index in [0.29, 0.717) is 12.8 Å². The summed E-state index contributed by atoms with van der Waals surface area (Å²) >= 11 is 6.12. The van der Waals surface area contributed by atoms with Crippen molar-refractivity contribution in [1.29, 1.82) is 5.26 Å². The molecule has 2 aromatic rings. The largest absolute Gasteiger partial charge is 0.534 e. The van der Waals surface area contributed by atoms with Gasteiger partial charge in [0.05, 0.1) is 22.3 Å². The Kier molecular flexibility index (Phi) is 6.26. The van der Waals surface area contributed by atoms with E-state index in [9.17, 15) is 21.6 Å². The van der Waals surface area contributed by atoms with Gasteiger partial charge in [-0.25, -0.2) is 4.98 Å². The molecule has 2 N–H and O–H groups in total. The zero-order valence-corrected chi connectivity index (χ0v) is 18.3. The minimum atomic E-state index is -6.05. The summed E-state index contributed by atoms with van der Waals surface area (Å²) in [5.74, 6) is -1.70. The normalized spacial score (nSPS) is 22.5. The highest BCUT2D eigenvalue weighted by Gasteiger charge is 2.49. The van der Waals surface area contributed by atoms with Crippen molar-refractivity contribution >= 4 is 33.2 Å². The van der Waals surface area contributed by atoms with Gasteiger partial charge >= 0.3 is 15.6 Å². The first-order valence-corrected chi connectivity index (χ1v) is 11.6. The van der Waals surface area contributed by atoms with Crippen LogP contribution in [0.3, 0.4) is 0 Å². The van der Waals surface area contributed by atoms with Gasteiger partial charge in [0.2, 0.25) is 5.75 Å². The molecule has 2 saturated heterocycles. The number of piperidine rings is 1. The van der Waals surface area contributed by atoms with E-state index >= 15 is 0 Å². The van der Waals surface area contributed by atoms with Gasteiger partial charge in [-0.3, -0.25) is 0 Å². The summed E-state index contributed by atoms with van der Waals surface area (Å²) in [7, 11) is -6.05. The molecule has 0 amide bonds. The molecule has 14 heteroatoms. The van der Waals surface area contributed by atoms with Gasteiger partial charge in [0, 0.05) is 12.1 Å². The van der Waals surface area contributed by atoms with Crippen molar-refractivity contribution < 1.29 is 30.5 Å². The van der Waals surface area contributed by atoms with Crippen LogP contribution in [0.4, 0.5) is 24.7 Å². The highest BCUT2D eigenvalue weighted by molar-refractivity contribution is 7.88. The van der Waals surface area contributed by atoms with Gasteiger partial charge in [-0.1, -0.05) is 11.6 Å². The van der Waals surface area contributed by atoms with Crippen LogP contribution in [0, 0.1) is 11.3 Å². The van der Waals surface area contributed by atoms with Crippen LogP contribution in [0.15, 0.2) is 24.5 Å². The summed E-state index contributed by atoms with van der Waals surface area (Å²) in [5.41, 5.74) is -5.29. The van der Waals surface area contributed by atoms with Gasteiger partial charge in [0.1, 0.15) is 12.4 Å². The average Bonchev–Trinajstić information content (AvgIpc) is 3.08. The van der Waals surface area contributed by atoms with Crippen molar-refractivity contribution in [2.75, 3.05) is 5.32 Å². The van der Waals surface area contributed by atoms with E-state index in [0.717, 1.165) is 19.2 Å². The number of halogens is 4. The molecule has 0 saturated carbocycles. The van der Waals surface area contributed by atoms with E-state index < -0.39 is 39.2 Å². The summed E-state index contributed by atoms with van der Waals surface area (Å²) in [4.78, 5) is 7.66. The average molecular weight is 504 g/mol. The second-order valence-electron chi connectivity index (χ2n) is 7.62. The maximum Gasteiger partial charge on any atom is 0.534 e. The molecule has 0 spiro atoms. The number of nitrogens with one attached hydrogen (secondary N) is 2. The molecular formula is C19H17ClF3N5O4S. The lowest BCUT2D eigenvalue weighted by molar-refractivity contribution is -0.0500. The number of rotatable bonds is 6. The van der Waals surface area contributed by atoms with E-state index in [2.05, 4.69) is 24.8 Å². The predicted octanol–water partition coefficient (Wildman–Crippen LogP) is 3.64. The number of hydrogen-bond acceptors (Lipinski definition) is 9. The van der Waals surface area contributed by atoms with Gasteiger partial charge in [-0.2, -0.15) is 31.8 Å². The fourth-order valence-electron chi connectivity index (χ4n) is 3.84. The minimum absolute atomic E-state index is 0.0506. The van der Waals surface area contributed by atoms with E-state index in [4.69, 9.17) is 21.6 Å². The Labute approximate surface area is 192 Å². The van der Waals surface area contributed by atoms with Crippen LogP contribution in [-0.2, 0) is 10.1 Å². The third-order valence-electron chi connectivity index (χ3n) is 5.31. The Hall–Kier alpha value is -2.82. The molecule has 1 aromatic heterocycles. The minimum Gasteiger partial charge on any atom is -0.471 e. The monoisotopic (exact) mass is 503 g/mol. The van der Waals surface area contributed by atoms with Crippen molar-refractivity contribution in [2.24, 2.45) is 0 Å². The van der Waals surface area contributed by atoms with Gasteiger partial charge in [-0.05, 0) is 43.9 Å². The van der Waals surface area contributed by atoms with Crippen LogP contribution in [0.5, 0.6) is 11.6 Å². The van der Waals surface area contributed by atoms with Gasteiger partial charge in [-0.15, -0.1) is 0 Å². The summed E-state index contributed by atoms with van der Waals surface area (Å²) in [6, 6.07) is 6.41. The van der Waals surface area contributed by atoms with Gasteiger partial charge in [0.25, 0.3) is 5.88 Å². The Morgan fingerprint density at radius 2 is 1.91 bits per heavy atom. The molecular weight excluding hydrogens is 487 g/mol. The second-order valence-corrected chi connectivity index (χ2v) is 9.57. The number of anilines is 2. The first-order chi connectivity index (χ1) is 15.6. The Balaban J connectivity index is 1.69. The summed E-state index contributed by atoms with van der Waals surface area (Å²) in [6.45, 7) is 0. The number of nitriles is 1. The summed E-state index contributed by atoms with van der Waals surface area (Å²) in [5, 5.41) is 15.0. The van der Waals surface area contributed by atoms with E-state index in [1.807, 2.05) is 6.07 Å². The molecule has 9 nitrogen and oxygen atoms in total. The number of ether oxygens (including phenoxy) is 1. The van der Waals surface area contributed by atoms with Crippen LogP contribution >= 0.6 is 11.6 Å². The number of hydrogen-bond donors (Lipinski definition) is 2. The SMILES string of the molecule is N#Cc1ccc(Nc2ncnc(OC3CC4CC[C@@H](C3)N4)c2OS(=O)(=O)C(F)(F)F)c(Cl)c1. The third kappa shape index (κ3) is 5.07. The lowest BCUT2D eigenvalue weighted by Gasteiger charge is -2.29. The van der Waals surface area contributed by atoms with Crippen molar-refractivity contribution in [2.45, 2.75) is 49.4 Å². The first kappa shape index (κ1) is 23.3. The van der Waals surface area contributed by atoms with Crippen molar-refractivity contribution in [3.8, 4) is 17.7 Å². The first-order valence-electron chi connectivity index (χ1n) is 9.81. The van der Waals surface area contributed by atoms with Crippen molar-refractivity contribution in [1.82, 2.24) is 15.3 Å². The number of aromatic nitrogens is 2. The molecule has 2 bridgehead atoms.